The summed E-state index contributed by atoms with van der Waals surface area (Å²) in [6.07, 6.45) is 4.58. The van der Waals surface area contributed by atoms with Gasteiger partial charge in [0.2, 0.25) is 0 Å². The first-order valence-electron chi connectivity index (χ1n) is 6.84. The van der Waals surface area contributed by atoms with Crippen LogP contribution in [0.4, 0.5) is 0 Å². The zero-order chi connectivity index (χ0) is 13.2. The van der Waals surface area contributed by atoms with Crippen LogP contribution in [-0.2, 0) is 17.8 Å². The fraction of sp³-hybridized carbons (Fsp3) is 0.714. The summed E-state index contributed by atoms with van der Waals surface area (Å²) in [5.41, 5.74) is 7.93. The van der Waals surface area contributed by atoms with Gasteiger partial charge in [-0.2, -0.15) is 5.10 Å². The SMILES string of the molecule is CCn1nc(C)cc1CC(=O)CC1(CN)CCC1. The molecule has 4 nitrogen and oxygen atoms in total. The van der Waals surface area contributed by atoms with Crippen molar-refractivity contribution in [3.63, 3.8) is 0 Å². The van der Waals surface area contributed by atoms with Gasteiger partial charge in [-0.1, -0.05) is 6.42 Å². The molecule has 0 aromatic carbocycles. The molecule has 2 rings (SSSR count). The van der Waals surface area contributed by atoms with E-state index in [1.807, 2.05) is 24.6 Å². The number of ketones is 1. The lowest BCUT2D eigenvalue weighted by Gasteiger charge is -2.40. The van der Waals surface area contributed by atoms with Crippen molar-refractivity contribution in [3.8, 4) is 0 Å². The van der Waals surface area contributed by atoms with Crippen LogP contribution in [0.5, 0.6) is 0 Å². The predicted molar refractivity (Wildman–Crippen MR) is 71.3 cm³/mol. The van der Waals surface area contributed by atoms with Crippen LogP contribution in [0.2, 0.25) is 0 Å². The smallest absolute Gasteiger partial charge is 0.139 e. The third kappa shape index (κ3) is 2.64. The largest absolute Gasteiger partial charge is 0.330 e. The fourth-order valence-corrected chi connectivity index (χ4v) is 2.83. The summed E-state index contributed by atoms with van der Waals surface area (Å²) in [5, 5.41) is 4.37. The van der Waals surface area contributed by atoms with Crippen LogP contribution >= 0.6 is 0 Å². The van der Waals surface area contributed by atoms with E-state index in [1.165, 1.54) is 6.42 Å². The highest BCUT2D eigenvalue weighted by atomic mass is 16.1. The van der Waals surface area contributed by atoms with E-state index in [0.29, 0.717) is 25.2 Å². The molecule has 1 aromatic heterocycles. The Bertz CT molecular complexity index is 427. The molecule has 100 valence electrons. The van der Waals surface area contributed by atoms with Gasteiger partial charge in [0.05, 0.1) is 5.69 Å². The van der Waals surface area contributed by atoms with E-state index < -0.39 is 0 Å². The van der Waals surface area contributed by atoms with Crippen LogP contribution in [0.3, 0.4) is 0 Å². The van der Waals surface area contributed by atoms with Crippen LogP contribution < -0.4 is 5.73 Å². The third-order valence-corrected chi connectivity index (χ3v) is 4.08. The number of nitrogens with zero attached hydrogens (tertiary/aromatic N) is 2. The zero-order valence-electron chi connectivity index (χ0n) is 11.4. The summed E-state index contributed by atoms with van der Waals surface area (Å²) in [6.45, 7) is 5.48. The van der Waals surface area contributed by atoms with Gasteiger partial charge in [0, 0.05) is 25.1 Å². The van der Waals surface area contributed by atoms with Gasteiger partial charge in [-0.3, -0.25) is 9.48 Å². The van der Waals surface area contributed by atoms with E-state index in [0.717, 1.165) is 30.8 Å². The number of Topliss-reactive ketones (excluding diaryl/α,β-unsaturated/α-hetero) is 1. The summed E-state index contributed by atoms with van der Waals surface area (Å²) in [6, 6.07) is 2.01. The first-order chi connectivity index (χ1) is 8.58. The molecule has 4 heteroatoms. The molecule has 2 N–H and O–H groups in total. The normalized spacial score (nSPS) is 17.5. The minimum absolute atomic E-state index is 0.114. The highest BCUT2D eigenvalue weighted by Gasteiger charge is 2.37. The molecule has 1 fully saturated rings. The molecule has 1 aliphatic carbocycles. The molecular weight excluding hydrogens is 226 g/mol. The van der Waals surface area contributed by atoms with E-state index in [1.54, 1.807) is 0 Å². The third-order valence-electron chi connectivity index (χ3n) is 4.08. The number of aromatic nitrogens is 2. The predicted octanol–water partition coefficient (Wildman–Crippen LogP) is 1.84. The van der Waals surface area contributed by atoms with Gasteiger partial charge in [0.1, 0.15) is 5.78 Å². The van der Waals surface area contributed by atoms with E-state index >= 15 is 0 Å². The van der Waals surface area contributed by atoms with Crippen molar-refractivity contribution < 1.29 is 4.79 Å². The number of carbonyl (C=O) groups excluding carboxylic acids is 1. The Balaban J connectivity index is 1.98. The summed E-state index contributed by atoms with van der Waals surface area (Å²) in [7, 11) is 0. The van der Waals surface area contributed by atoms with Crippen molar-refractivity contribution in [2.45, 2.75) is 52.5 Å². The lowest BCUT2D eigenvalue weighted by molar-refractivity contribution is -0.122. The molecule has 0 unspecified atom stereocenters. The molecule has 0 radical (unpaired) electrons. The molecular formula is C14H23N3O. The number of carbonyl (C=O) groups is 1. The molecule has 1 heterocycles. The van der Waals surface area contributed by atoms with Crippen molar-refractivity contribution in [1.29, 1.82) is 0 Å². The maximum Gasteiger partial charge on any atom is 0.139 e. The fourth-order valence-electron chi connectivity index (χ4n) is 2.83. The standard InChI is InChI=1S/C14H23N3O/c1-3-17-12(7-11(2)16-17)8-13(18)9-14(10-15)5-4-6-14/h7H,3-6,8-10,15H2,1-2H3. The minimum atomic E-state index is 0.114. The molecule has 0 saturated heterocycles. The van der Waals surface area contributed by atoms with Gasteiger partial charge in [-0.15, -0.1) is 0 Å². The Labute approximate surface area is 109 Å². The second-order valence-electron chi connectivity index (χ2n) is 5.54. The van der Waals surface area contributed by atoms with Gasteiger partial charge >= 0.3 is 0 Å². The lowest BCUT2D eigenvalue weighted by Crippen LogP contribution is -2.39. The summed E-state index contributed by atoms with van der Waals surface area (Å²) in [4.78, 5) is 12.2. The molecule has 1 aliphatic rings. The van der Waals surface area contributed by atoms with Gasteiger partial charge in [-0.05, 0) is 44.7 Å². The summed E-state index contributed by atoms with van der Waals surface area (Å²) < 4.78 is 1.92. The average Bonchev–Trinajstić information content (AvgIpc) is 2.64. The van der Waals surface area contributed by atoms with E-state index in [9.17, 15) is 4.79 Å². The Hall–Kier alpha value is -1.16. The van der Waals surface area contributed by atoms with Crippen molar-refractivity contribution in [2.24, 2.45) is 11.1 Å². The second kappa shape index (κ2) is 5.22. The van der Waals surface area contributed by atoms with E-state index in [4.69, 9.17) is 5.73 Å². The van der Waals surface area contributed by atoms with E-state index in [2.05, 4.69) is 5.10 Å². The Kier molecular flexibility index (Phi) is 3.85. The van der Waals surface area contributed by atoms with E-state index in [-0.39, 0.29) is 5.41 Å². The molecule has 0 aliphatic heterocycles. The topological polar surface area (TPSA) is 60.9 Å². The highest BCUT2D eigenvalue weighted by molar-refractivity contribution is 5.81. The summed E-state index contributed by atoms with van der Waals surface area (Å²) >= 11 is 0. The second-order valence-corrected chi connectivity index (χ2v) is 5.54. The average molecular weight is 249 g/mol. The maximum atomic E-state index is 12.2. The van der Waals surface area contributed by atoms with Crippen molar-refractivity contribution in [1.82, 2.24) is 9.78 Å². The molecule has 18 heavy (non-hydrogen) atoms. The highest BCUT2D eigenvalue weighted by Crippen LogP contribution is 2.43. The van der Waals surface area contributed by atoms with Crippen LogP contribution in [0.25, 0.3) is 0 Å². The number of nitrogens with two attached hydrogens (primary N) is 1. The number of hydrogen-bond donors (Lipinski definition) is 1. The minimum Gasteiger partial charge on any atom is -0.330 e. The molecule has 0 bridgehead atoms. The van der Waals surface area contributed by atoms with Crippen molar-refractivity contribution >= 4 is 5.78 Å². The van der Waals surface area contributed by atoms with Crippen LogP contribution in [0.15, 0.2) is 6.07 Å². The molecule has 0 atom stereocenters. The van der Waals surface area contributed by atoms with Gasteiger partial charge in [0.25, 0.3) is 0 Å². The van der Waals surface area contributed by atoms with Gasteiger partial charge in [0.15, 0.2) is 0 Å². The van der Waals surface area contributed by atoms with Crippen LogP contribution in [-0.4, -0.2) is 22.1 Å². The Morgan fingerprint density at radius 1 is 1.56 bits per heavy atom. The number of rotatable bonds is 6. The number of aryl methyl sites for hydroxylation is 2. The molecule has 0 spiro atoms. The molecule has 1 saturated carbocycles. The maximum absolute atomic E-state index is 12.2. The molecule has 1 aromatic rings. The van der Waals surface area contributed by atoms with Crippen LogP contribution in [0.1, 0.15) is 44.0 Å². The van der Waals surface area contributed by atoms with Crippen molar-refractivity contribution in [2.75, 3.05) is 6.54 Å². The monoisotopic (exact) mass is 249 g/mol. The quantitative estimate of drug-likeness (QED) is 0.837. The first-order valence-corrected chi connectivity index (χ1v) is 6.84. The van der Waals surface area contributed by atoms with Gasteiger partial charge in [-0.25, -0.2) is 0 Å². The number of hydrogen-bond acceptors (Lipinski definition) is 3. The Morgan fingerprint density at radius 3 is 2.78 bits per heavy atom. The van der Waals surface area contributed by atoms with Crippen molar-refractivity contribution in [3.05, 3.63) is 17.5 Å². The zero-order valence-corrected chi connectivity index (χ0v) is 11.4. The van der Waals surface area contributed by atoms with Crippen LogP contribution in [0, 0.1) is 12.3 Å². The first kappa shape index (κ1) is 13.3. The summed E-state index contributed by atoms with van der Waals surface area (Å²) in [5.74, 6) is 0.301. The Morgan fingerprint density at radius 2 is 2.28 bits per heavy atom. The molecule has 0 amide bonds. The van der Waals surface area contributed by atoms with Gasteiger partial charge < -0.3 is 5.73 Å². The lowest BCUT2D eigenvalue weighted by atomic mass is 9.66.